The number of carboxylic acids is 1. The van der Waals surface area contributed by atoms with E-state index in [1.807, 2.05) is 22.6 Å². The maximum Gasteiger partial charge on any atom is 0.328 e. The smallest absolute Gasteiger partial charge is 0.328 e. The Kier molecular flexibility index (Phi) is 5.83. The molecule has 0 heterocycles. The number of hydrogen-bond acceptors (Lipinski definition) is 3. The van der Waals surface area contributed by atoms with E-state index in [2.05, 4.69) is 5.32 Å². The van der Waals surface area contributed by atoms with Gasteiger partial charge in [-0.3, -0.25) is 4.79 Å². The predicted octanol–water partition coefficient (Wildman–Crippen LogP) is 1.77. The number of rotatable bonds is 5. The molecule has 0 bridgehead atoms. The van der Waals surface area contributed by atoms with Crippen molar-refractivity contribution >= 4 is 46.1 Å². The van der Waals surface area contributed by atoms with Crippen LogP contribution in [0.5, 0.6) is 0 Å². The van der Waals surface area contributed by atoms with Crippen LogP contribution in [0.4, 0.5) is 0 Å². The molecule has 0 spiro atoms. The highest BCUT2D eigenvalue weighted by molar-refractivity contribution is 14.1. The zero-order valence-corrected chi connectivity index (χ0v) is 12.4. The standard InChI is InChI=1S/C11H11ClINO4/c1-18-5-9(11(16)17)14-10(15)6-2-3-8(13)7(12)4-6/h2-4,9H,5H2,1H3,(H,14,15)(H,16,17). The molecule has 0 radical (unpaired) electrons. The Bertz CT molecular complexity index is 466. The molecule has 0 saturated heterocycles. The zero-order valence-electron chi connectivity index (χ0n) is 9.44. The second-order valence-electron chi connectivity index (χ2n) is 3.45. The Balaban J connectivity index is 2.80. The molecule has 0 aliphatic heterocycles. The number of aliphatic carboxylic acids is 1. The maximum absolute atomic E-state index is 11.8. The van der Waals surface area contributed by atoms with E-state index in [0.717, 1.165) is 3.57 Å². The van der Waals surface area contributed by atoms with Gasteiger partial charge in [0.2, 0.25) is 0 Å². The lowest BCUT2D eigenvalue weighted by molar-refractivity contribution is -0.140. The molecule has 1 amide bonds. The van der Waals surface area contributed by atoms with Crippen molar-refractivity contribution in [1.82, 2.24) is 5.32 Å². The number of carbonyl (C=O) groups is 2. The number of nitrogens with one attached hydrogen (secondary N) is 1. The summed E-state index contributed by atoms with van der Waals surface area (Å²) in [5, 5.41) is 11.7. The average Bonchev–Trinajstić information content (AvgIpc) is 2.31. The molecular formula is C11H11ClINO4. The van der Waals surface area contributed by atoms with Gasteiger partial charge in [-0.05, 0) is 40.8 Å². The van der Waals surface area contributed by atoms with Crippen molar-refractivity contribution in [1.29, 1.82) is 0 Å². The summed E-state index contributed by atoms with van der Waals surface area (Å²) in [6.07, 6.45) is 0. The molecule has 98 valence electrons. The molecule has 1 atom stereocenters. The van der Waals surface area contributed by atoms with Crippen molar-refractivity contribution in [3.63, 3.8) is 0 Å². The first-order valence-corrected chi connectivity index (χ1v) is 6.39. The number of halogens is 2. The Morgan fingerprint density at radius 1 is 1.56 bits per heavy atom. The van der Waals surface area contributed by atoms with Crippen molar-refractivity contribution in [3.05, 3.63) is 32.4 Å². The summed E-state index contributed by atoms with van der Waals surface area (Å²) in [7, 11) is 1.36. The van der Waals surface area contributed by atoms with Gasteiger partial charge in [0.1, 0.15) is 0 Å². The molecule has 0 aliphatic carbocycles. The third kappa shape index (κ3) is 4.11. The minimum Gasteiger partial charge on any atom is -0.480 e. The van der Waals surface area contributed by atoms with E-state index in [9.17, 15) is 9.59 Å². The molecule has 7 heteroatoms. The third-order valence-corrected chi connectivity index (χ3v) is 3.69. The van der Waals surface area contributed by atoms with Gasteiger partial charge < -0.3 is 15.2 Å². The third-order valence-electron chi connectivity index (χ3n) is 2.12. The van der Waals surface area contributed by atoms with Gasteiger partial charge in [0.25, 0.3) is 5.91 Å². The van der Waals surface area contributed by atoms with Crippen LogP contribution in [0.1, 0.15) is 10.4 Å². The fraction of sp³-hybridized carbons (Fsp3) is 0.273. The summed E-state index contributed by atoms with van der Waals surface area (Å²) in [5.74, 6) is -1.65. The van der Waals surface area contributed by atoms with Crippen molar-refractivity contribution in [2.24, 2.45) is 0 Å². The van der Waals surface area contributed by atoms with Gasteiger partial charge in [-0.2, -0.15) is 0 Å². The number of carbonyl (C=O) groups excluding carboxylic acids is 1. The Morgan fingerprint density at radius 3 is 2.72 bits per heavy atom. The quantitative estimate of drug-likeness (QED) is 0.760. The van der Waals surface area contributed by atoms with E-state index in [4.69, 9.17) is 21.4 Å². The molecule has 0 fully saturated rings. The van der Waals surface area contributed by atoms with Crippen LogP contribution in [0, 0.1) is 3.57 Å². The van der Waals surface area contributed by atoms with Crippen LogP contribution in [0.15, 0.2) is 18.2 Å². The highest BCUT2D eigenvalue weighted by Gasteiger charge is 2.20. The Hall–Kier alpha value is -0.860. The molecule has 2 N–H and O–H groups in total. The SMILES string of the molecule is COCC(NC(=O)c1ccc(I)c(Cl)c1)C(=O)O. The highest BCUT2D eigenvalue weighted by Crippen LogP contribution is 2.19. The molecule has 18 heavy (non-hydrogen) atoms. The van der Waals surface area contributed by atoms with Crippen LogP contribution >= 0.6 is 34.2 Å². The van der Waals surface area contributed by atoms with E-state index in [0.29, 0.717) is 10.6 Å². The second kappa shape index (κ2) is 6.91. The van der Waals surface area contributed by atoms with Crippen molar-refractivity contribution in [2.45, 2.75) is 6.04 Å². The van der Waals surface area contributed by atoms with E-state index in [1.54, 1.807) is 12.1 Å². The molecular weight excluding hydrogens is 372 g/mol. The van der Waals surface area contributed by atoms with Crippen LogP contribution in [0.3, 0.4) is 0 Å². The normalized spacial score (nSPS) is 11.9. The van der Waals surface area contributed by atoms with Crippen molar-refractivity contribution in [2.75, 3.05) is 13.7 Å². The lowest BCUT2D eigenvalue weighted by atomic mass is 10.2. The van der Waals surface area contributed by atoms with Crippen LogP contribution in [0.25, 0.3) is 0 Å². The summed E-state index contributed by atoms with van der Waals surface area (Å²) < 4.78 is 5.54. The molecule has 1 aromatic carbocycles. The Morgan fingerprint density at radius 2 is 2.22 bits per heavy atom. The first-order valence-electron chi connectivity index (χ1n) is 4.93. The van der Waals surface area contributed by atoms with Crippen LogP contribution in [0.2, 0.25) is 5.02 Å². The molecule has 0 saturated carbocycles. The fourth-order valence-electron chi connectivity index (χ4n) is 1.22. The van der Waals surface area contributed by atoms with Gasteiger partial charge in [0, 0.05) is 16.2 Å². The molecule has 0 aliphatic rings. The number of ether oxygens (including phenoxy) is 1. The topological polar surface area (TPSA) is 75.6 Å². The molecule has 1 aromatic rings. The van der Waals surface area contributed by atoms with Gasteiger partial charge in [-0.1, -0.05) is 11.6 Å². The number of methoxy groups -OCH3 is 1. The molecule has 1 rings (SSSR count). The van der Waals surface area contributed by atoms with Crippen LogP contribution in [-0.2, 0) is 9.53 Å². The maximum atomic E-state index is 11.8. The van der Waals surface area contributed by atoms with E-state index < -0.39 is 17.9 Å². The lowest BCUT2D eigenvalue weighted by Gasteiger charge is -2.13. The second-order valence-corrected chi connectivity index (χ2v) is 5.02. The van der Waals surface area contributed by atoms with Crippen LogP contribution in [-0.4, -0.2) is 36.7 Å². The van der Waals surface area contributed by atoms with Gasteiger partial charge in [-0.15, -0.1) is 0 Å². The molecule has 5 nitrogen and oxygen atoms in total. The first-order chi connectivity index (χ1) is 8.45. The monoisotopic (exact) mass is 383 g/mol. The van der Waals surface area contributed by atoms with Gasteiger partial charge in [-0.25, -0.2) is 4.79 Å². The lowest BCUT2D eigenvalue weighted by Crippen LogP contribution is -2.43. The summed E-state index contributed by atoms with van der Waals surface area (Å²) in [6.45, 7) is -0.0980. The summed E-state index contributed by atoms with van der Waals surface area (Å²) in [4.78, 5) is 22.7. The van der Waals surface area contributed by atoms with Gasteiger partial charge in [0.05, 0.1) is 11.6 Å². The van der Waals surface area contributed by atoms with Crippen molar-refractivity contribution in [3.8, 4) is 0 Å². The minimum atomic E-state index is -1.15. The van der Waals surface area contributed by atoms with E-state index >= 15 is 0 Å². The largest absolute Gasteiger partial charge is 0.480 e. The molecule has 1 unspecified atom stereocenters. The molecule has 0 aromatic heterocycles. The summed E-state index contributed by atoms with van der Waals surface area (Å²) >= 11 is 7.93. The fourth-order valence-corrected chi connectivity index (χ4v) is 1.74. The highest BCUT2D eigenvalue weighted by atomic mass is 127. The number of carboxylic acid groups (broad SMARTS) is 1. The summed E-state index contributed by atoms with van der Waals surface area (Å²) in [6, 6.07) is 3.67. The number of hydrogen-bond donors (Lipinski definition) is 2. The number of benzene rings is 1. The van der Waals surface area contributed by atoms with Crippen molar-refractivity contribution < 1.29 is 19.4 Å². The van der Waals surface area contributed by atoms with Gasteiger partial charge >= 0.3 is 5.97 Å². The zero-order chi connectivity index (χ0) is 13.7. The van der Waals surface area contributed by atoms with Gasteiger partial charge in [0.15, 0.2) is 6.04 Å². The summed E-state index contributed by atoms with van der Waals surface area (Å²) in [5.41, 5.74) is 0.308. The first kappa shape index (κ1) is 15.2. The predicted molar refractivity (Wildman–Crippen MR) is 74.9 cm³/mol. The number of amides is 1. The van der Waals surface area contributed by atoms with E-state index in [1.165, 1.54) is 13.2 Å². The average molecular weight is 384 g/mol. The van der Waals surface area contributed by atoms with Crippen LogP contribution < -0.4 is 5.32 Å². The van der Waals surface area contributed by atoms with E-state index in [-0.39, 0.29) is 6.61 Å². The Labute approximate surface area is 123 Å². The minimum absolute atomic E-state index is 0.0980.